The van der Waals surface area contributed by atoms with Gasteiger partial charge in [-0.3, -0.25) is 0 Å². The van der Waals surface area contributed by atoms with E-state index in [0.29, 0.717) is 5.56 Å². The Morgan fingerprint density at radius 1 is 1.36 bits per heavy atom. The molecule has 1 aromatic rings. The van der Waals surface area contributed by atoms with Crippen molar-refractivity contribution < 1.29 is 4.74 Å². The predicted octanol–water partition coefficient (Wildman–Crippen LogP) is 1.30. The normalized spacial score (nSPS) is 20.4. The van der Waals surface area contributed by atoms with Gasteiger partial charge in [0.15, 0.2) is 0 Å². The number of benzene rings is 1. The number of rotatable bonds is 2. The van der Waals surface area contributed by atoms with Gasteiger partial charge in [-0.2, -0.15) is 5.26 Å². The average molecular weight is 188 g/mol. The number of nitrogens with zero attached hydrogens (tertiary/aromatic N) is 1. The van der Waals surface area contributed by atoms with Crippen LogP contribution in [0.1, 0.15) is 12.0 Å². The minimum Gasteiger partial charge on any atom is -0.489 e. The van der Waals surface area contributed by atoms with Crippen LogP contribution in [0.3, 0.4) is 0 Å². The van der Waals surface area contributed by atoms with E-state index in [4.69, 9.17) is 10.00 Å². The summed E-state index contributed by atoms with van der Waals surface area (Å²) in [6.45, 7) is 1.95. The van der Waals surface area contributed by atoms with Gasteiger partial charge >= 0.3 is 0 Å². The lowest BCUT2D eigenvalue weighted by molar-refractivity contribution is 0.223. The zero-order chi connectivity index (χ0) is 9.80. The third-order valence-corrected chi connectivity index (χ3v) is 2.30. The highest BCUT2D eigenvalue weighted by atomic mass is 16.5. The van der Waals surface area contributed by atoms with Crippen molar-refractivity contribution in [2.24, 2.45) is 0 Å². The summed E-state index contributed by atoms with van der Waals surface area (Å²) in [5, 5.41) is 11.8. The summed E-state index contributed by atoms with van der Waals surface area (Å²) in [7, 11) is 0. The smallest absolute Gasteiger partial charge is 0.119 e. The van der Waals surface area contributed by atoms with Crippen LogP contribution in [0.15, 0.2) is 24.3 Å². The van der Waals surface area contributed by atoms with Crippen molar-refractivity contribution in [3.63, 3.8) is 0 Å². The Kier molecular flexibility index (Phi) is 2.66. The van der Waals surface area contributed by atoms with Gasteiger partial charge in [0, 0.05) is 6.54 Å². The maximum Gasteiger partial charge on any atom is 0.119 e. The van der Waals surface area contributed by atoms with Gasteiger partial charge in [0.05, 0.1) is 11.6 Å². The maximum atomic E-state index is 8.61. The van der Waals surface area contributed by atoms with E-state index in [1.807, 2.05) is 12.1 Å². The highest BCUT2D eigenvalue weighted by Crippen LogP contribution is 2.15. The van der Waals surface area contributed by atoms with Crippen molar-refractivity contribution >= 4 is 0 Å². The lowest BCUT2D eigenvalue weighted by atomic mass is 10.2. The van der Waals surface area contributed by atoms with Gasteiger partial charge in [-0.1, -0.05) is 0 Å². The van der Waals surface area contributed by atoms with E-state index in [-0.39, 0.29) is 6.10 Å². The number of nitriles is 1. The molecule has 0 radical (unpaired) electrons. The standard InChI is InChI=1S/C11H12N2O/c12-7-9-1-3-10(4-2-9)14-11-5-6-13-8-11/h1-4,11,13H,5-6,8H2. The van der Waals surface area contributed by atoms with Gasteiger partial charge < -0.3 is 10.1 Å². The van der Waals surface area contributed by atoms with E-state index >= 15 is 0 Å². The Morgan fingerprint density at radius 2 is 2.14 bits per heavy atom. The molecule has 0 amide bonds. The molecule has 1 heterocycles. The van der Waals surface area contributed by atoms with Crippen molar-refractivity contribution in [3.05, 3.63) is 29.8 Å². The van der Waals surface area contributed by atoms with Gasteiger partial charge in [-0.15, -0.1) is 0 Å². The number of hydrogen-bond acceptors (Lipinski definition) is 3. The molecule has 1 aliphatic heterocycles. The molecule has 3 nitrogen and oxygen atoms in total. The molecule has 0 bridgehead atoms. The molecule has 1 aromatic carbocycles. The Balaban J connectivity index is 1.99. The van der Waals surface area contributed by atoms with Crippen molar-refractivity contribution in [2.75, 3.05) is 13.1 Å². The lowest BCUT2D eigenvalue weighted by Gasteiger charge is -2.11. The molecule has 1 fully saturated rings. The van der Waals surface area contributed by atoms with E-state index in [9.17, 15) is 0 Å². The molecule has 0 aliphatic carbocycles. The third kappa shape index (κ3) is 2.04. The fourth-order valence-electron chi connectivity index (χ4n) is 1.53. The summed E-state index contributed by atoms with van der Waals surface area (Å²) >= 11 is 0. The number of ether oxygens (including phenoxy) is 1. The molecule has 1 N–H and O–H groups in total. The molecular formula is C11H12N2O. The monoisotopic (exact) mass is 188 g/mol. The summed E-state index contributed by atoms with van der Waals surface area (Å²) in [6.07, 6.45) is 1.34. The lowest BCUT2D eigenvalue weighted by Crippen LogP contribution is -2.19. The van der Waals surface area contributed by atoms with E-state index in [1.54, 1.807) is 12.1 Å². The first kappa shape index (κ1) is 9.04. The molecule has 0 aromatic heterocycles. The van der Waals surface area contributed by atoms with Gasteiger partial charge in [0.2, 0.25) is 0 Å². The summed E-state index contributed by atoms with van der Waals surface area (Å²) in [5.41, 5.74) is 0.668. The second-order valence-corrected chi connectivity index (χ2v) is 3.37. The largest absolute Gasteiger partial charge is 0.489 e. The van der Waals surface area contributed by atoms with Crippen LogP contribution < -0.4 is 10.1 Å². The van der Waals surface area contributed by atoms with Crippen molar-refractivity contribution in [2.45, 2.75) is 12.5 Å². The van der Waals surface area contributed by atoms with Crippen LogP contribution in [0.2, 0.25) is 0 Å². The van der Waals surface area contributed by atoms with E-state index in [0.717, 1.165) is 25.3 Å². The molecule has 2 rings (SSSR count). The van der Waals surface area contributed by atoms with Crippen LogP contribution in [0.4, 0.5) is 0 Å². The zero-order valence-corrected chi connectivity index (χ0v) is 7.86. The van der Waals surface area contributed by atoms with Crippen LogP contribution in [0, 0.1) is 11.3 Å². The Morgan fingerprint density at radius 3 is 2.71 bits per heavy atom. The van der Waals surface area contributed by atoms with Crippen molar-refractivity contribution in [1.82, 2.24) is 5.32 Å². The number of hydrogen-bond donors (Lipinski definition) is 1. The number of nitrogens with one attached hydrogen (secondary N) is 1. The highest BCUT2D eigenvalue weighted by molar-refractivity contribution is 5.34. The van der Waals surface area contributed by atoms with E-state index < -0.39 is 0 Å². The van der Waals surface area contributed by atoms with E-state index in [1.165, 1.54) is 0 Å². The van der Waals surface area contributed by atoms with Crippen molar-refractivity contribution in [1.29, 1.82) is 5.26 Å². The van der Waals surface area contributed by atoms with Gasteiger partial charge in [0.25, 0.3) is 0 Å². The third-order valence-electron chi connectivity index (χ3n) is 2.30. The van der Waals surface area contributed by atoms with Gasteiger partial charge in [-0.25, -0.2) is 0 Å². The topological polar surface area (TPSA) is 45.0 Å². The van der Waals surface area contributed by atoms with Gasteiger partial charge in [-0.05, 0) is 37.2 Å². The van der Waals surface area contributed by atoms with Crippen LogP contribution in [0.25, 0.3) is 0 Å². The first-order valence-corrected chi connectivity index (χ1v) is 4.76. The fraction of sp³-hybridized carbons (Fsp3) is 0.364. The van der Waals surface area contributed by atoms with Crippen LogP contribution in [0.5, 0.6) is 5.75 Å². The summed E-state index contributed by atoms with van der Waals surface area (Å²) in [4.78, 5) is 0. The average Bonchev–Trinajstić information content (AvgIpc) is 2.72. The predicted molar refractivity (Wildman–Crippen MR) is 53.1 cm³/mol. The molecule has 3 heteroatoms. The molecule has 1 atom stereocenters. The Bertz CT molecular complexity index is 333. The van der Waals surface area contributed by atoms with Crippen LogP contribution in [-0.2, 0) is 0 Å². The van der Waals surface area contributed by atoms with Gasteiger partial charge in [0.1, 0.15) is 11.9 Å². The quantitative estimate of drug-likeness (QED) is 0.760. The molecule has 0 saturated carbocycles. The second-order valence-electron chi connectivity index (χ2n) is 3.37. The Labute approximate surface area is 83.3 Å². The Hall–Kier alpha value is -1.53. The minimum atomic E-state index is 0.280. The maximum absolute atomic E-state index is 8.61. The fourth-order valence-corrected chi connectivity index (χ4v) is 1.53. The first-order valence-electron chi connectivity index (χ1n) is 4.76. The summed E-state index contributed by atoms with van der Waals surface area (Å²) in [5.74, 6) is 0.845. The molecular weight excluding hydrogens is 176 g/mol. The van der Waals surface area contributed by atoms with Crippen LogP contribution >= 0.6 is 0 Å². The minimum absolute atomic E-state index is 0.280. The molecule has 14 heavy (non-hydrogen) atoms. The molecule has 1 saturated heterocycles. The van der Waals surface area contributed by atoms with Crippen LogP contribution in [-0.4, -0.2) is 19.2 Å². The molecule has 0 spiro atoms. The zero-order valence-electron chi connectivity index (χ0n) is 7.86. The molecule has 72 valence electrons. The second kappa shape index (κ2) is 4.12. The van der Waals surface area contributed by atoms with Crippen molar-refractivity contribution in [3.8, 4) is 11.8 Å². The summed E-state index contributed by atoms with van der Waals surface area (Å²) in [6, 6.07) is 9.32. The highest BCUT2D eigenvalue weighted by Gasteiger charge is 2.15. The molecule has 1 aliphatic rings. The SMILES string of the molecule is N#Cc1ccc(OC2CCNC2)cc1. The summed E-state index contributed by atoms with van der Waals surface area (Å²) < 4.78 is 5.70. The van der Waals surface area contributed by atoms with E-state index in [2.05, 4.69) is 11.4 Å². The molecule has 1 unspecified atom stereocenters. The first-order chi connectivity index (χ1) is 6.88.